The molecule has 2 aliphatic rings. The van der Waals surface area contributed by atoms with Crippen LogP contribution in [0.1, 0.15) is 47.6 Å². The molecule has 0 saturated carbocycles. The lowest BCUT2D eigenvalue weighted by molar-refractivity contribution is -0.116. The molecule has 6 nitrogen and oxygen atoms in total. The van der Waals surface area contributed by atoms with E-state index in [0.717, 1.165) is 23.4 Å². The zero-order valence-electron chi connectivity index (χ0n) is 16.0. The maximum absolute atomic E-state index is 13.3. The van der Waals surface area contributed by atoms with Crippen molar-refractivity contribution in [3.8, 4) is 5.75 Å². The second-order valence-electron chi connectivity index (χ2n) is 7.36. The highest BCUT2D eigenvalue weighted by molar-refractivity contribution is 7.10. The molecule has 0 saturated heterocycles. The maximum atomic E-state index is 13.3. The number of rotatable bonds is 4. The first-order valence-electron chi connectivity index (χ1n) is 9.75. The topological polar surface area (TPSA) is 87.0 Å². The Hall–Kier alpha value is -3.06. The number of Topliss-reactive ketones (excluding diaryl/α,β-unsaturated/α-hetero) is 1. The average molecular weight is 407 g/mol. The minimum absolute atomic E-state index is 0.0993. The van der Waals surface area contributed by atoms with Crippen LogP contribution in [0.4, 0.5) is 5.82 Å². The fourth-order valence-electron chi connectivity index (χ4n) is 4.40. The predicted octanol–water partition coefficient (Wildman–Crippen LogP) is 4.12. The van der Waals surface area contributed by atoms with E-state index < -0.39 is 0 Å². The van der Waals surface area contributed by atoms with Crippen LogP contribution in [-0.4, -0.2) is 22.6 Å². The van der Waals surface area contributed by atoms with Gasteiger partial charge in [-0.15, -0.1) is 11.3 Å². The number of allylic oxidation sites excluding steroid dienone is 2. The molecule has 0 fully saturated rings. The molecule has 3 heterocycles. The van der Waals surface area contributed by atoms with Crippen LogP contribution in [0.3, 0.4) is 0 Å². The van der Waals surface area contributed by atoms with E-state index in [4.69, 9.17) is 4.74 Å². The molecule has 5 rings (SSSR count). The first-order valence-corrected chi connectivity index (χ1v) is 10.6. The van der Waals surface area contributed by atoms with Gasteiger partial charge in [-0.05, 0) is 42.5 Å². The molecule has 1 aliphatic heterocycles. The summed E-state index contributed by atoms with van der Waals surface area (Å²) in [5.41, 5.74) is 2.89. The van der Waals surface area contributed by atoms with Crippen molar-refractivity contribution in [1.82, 2.24) is 10.2 Å². The van der Waals surface area contributed by atoms with E-state index in [0.29, 0.717) is 30.0 Å². The number of nitrogens with one attached hydrogen (secondary N) is 3. The first kappa shape index (κ1) is 18.0. The van der Waals surface area contributed by atoms with Crippen LogP contribution in [0.5, 0.6) is 5.75 Å². The summed E-state index contributed by atoms with van der Waals surface area (Å²) in [6.45, 7) is 2.53. The van der Waals surface area contributed by atoms with Crippen molar-refractivity contribution in [1.29, 1.82) is 0 Å². The number of anilines is 1. The second-order valence-corrected chi connectivity index (χ2v) is 8.34. The van der Waals surface area contributed by atoms with Gasteiger partial charge in [-0.25, -0.2) is 0 Å². The number of ketones is 1. The number of thiophene rings is 1. The monoisotopic (exact) mass is 407 g/mol. The van der Waals surface area contributed by atoms with Gasteiger partial charge in [0.15, 0.2) is 5.78 Å². The molecule has 2 atom stereocenters. The molecule has 3 N–H and O–H groups in total. The van der Waals surface area contributed by atoms with Crippen molar-refractivity contribution in [3.05, 3.63) is 79.4 Å². The lowest BCUT2D eigenvalue weighted by Crippen LogP contribution is -2.31. The van der Waals surface area contributed by atoms with Crippen molar-refractivity contribution in [2.24, 2.45) is 0 Å². The van der Waals surface area contributed by atoms with E-state index in [-0.39, 0.29) is 23.2 Å². The molecule has 7 heteroatoms. The zero-order valence-corrected chi connectivity index (χ0v) is 16.8. The molecule has 1 aliphatic carbocycles. The third-order valence-electron chi connectivity index (χ3n) is 5.65. The largest absolute Gasteiger partial charge is 0.494 e. The Bertz CT molecular complexity index is 1140. The molecule has 0 radical (unpaired) electrons. The van der Waals surface area contributed by atoms with E-state index >= 15 is 0 Å². The Labute approximate surface area is 171 Å². The van der Waals surface area contributed by atoms with Gasteiger partial charge in [0, 0.05) is 34.4 Å². The molecular formula is C22H21N3O3S. The van der Waals surface area contributed by atoms with Gasteiger partial charge < -0.3 is 10.1 Å². The van der Waals surface area contributed by atoms with Crippen LogP contribution >= 0.6 is 11.3 Å². The minimum atomic E-state index is -0.385. The summed E-state index contributed by atoms with van der Waals surface area (Å²) in [4.78, 5) is 27.1. The summed E-state index contributed by atoms with van der Waals surface area (Å²) in [5.74, 6) is 1.30. The molecule has 0 bridgehead atoms. The summed E-state index contributed by atoms with van der Waals surface area (Å²) >= 11 is 1.68. The Morgan fingerprint density at radius 1 is 1.10 bits per heavy atom. The Morgan fingerprint density at radius 3 is 2.66 bits per heavy atom. The average Bonchev–Trinajstić information content (AvgIpc) is 3.38. The highest BCUT2D eigenvalue weighted by Gasteiger charge is 2.40. The molecule has 3 aromatic rings. The number of hydrogen-bond acceptors (Lipinski definition) is 5. The molecular weight excluding hydrogens is 386 g/mol. The van der Waals surface area contributed by atoms with Crippen molar-refractivity contribution in [2.75, 3.05) is 11.9 Å². The number of H-pyrrole nitrogens is 2. The highest BCUT2D eigenvalue weighted by atomic mass is 32.1. The minimum Gasteiger partial charge on any atom is -0.494 e. The summed E-state index contributed by atoms with van der Waals surface area (Å²) in [5, 5.41) is 11.0. The summed E-state index contributed by atoms with van der Waals surface area (Å²) in [6.07, 6.45) is 1.22. The second kappa shape index (κ2) is 7.08. The number of hydrogen-bond donors (Lipinski definition) is 3. The number of aromatic amines is 2. The lowest BCUT2D eigenvalue weighted by atomic mass is 9.74. The van der Waals surface area contributed by atoms with Gasteiger partial charge in [-0.2, -0.15) is 0 Å². The standard InChI is InChI=1S/C22H21N3O3S/c1-2-28-14-7-5-12(6-8-14)18-19-15(23-21-20(18)22(27)25-24-21)10-13(11-16(19)26)17-4-3-9-29-17/h3-9,13,18H,2,10-11H2,1H3,(H3,23,24,25,27)/t13-,18-/m0/s1. The van der Waals surface area contributed by atoms with Gasteiger partial charge in [-0.3, -0.25) is 19.8 Å². The number of carbonyl (C=O) groups excluding carboxylic acids is 1. The van der Waals surface area contributed by atoms with Crippen LogP contribution in [0.25, 0.3) is 0 Å². The highest BCUT2D eigenvalue weighted by Crippen LogP contribution is 2.47. The summed E-state index contributed by atoms with van der Waals surface area (Å²) in [7, 11) is 0. The number of aromatic nitrogens is 2. The third kappa shape index (κ3) is 3.02. The van der Waals surface area contributed by atoms with Crippen LogP contribution in [0.15, 0.2) is 57.8 Å². The Morgan fingerprint density at radius 2 is 1.93 bits per heavy atom. The van der Waals surface area contributed by atoms with Crippen molar-refractivity contribution >= 4 is 22.9 Å². The van der Waals surface area contributed by atoms with Gasteiger partial charge in [0.1, 0.15) is 11.6 Å². The Balaban J connectivity index is 1.60. The summed E-state index contributed by atoms with van der Waals surface area (Å²) < 4.78 is 5.55. The molecule has 0 unspecified atom stereocenters. The molecule has 2 aromatic heterocycles. The van der Waals surface area contributed by atoms with Gasteiger partial charge >= 0.3 is 0 Å². The zero-order chi connectivity index (χ0) is 20.0. The fourth-order valence-corrected chi connectivity index (χ4v) is 5.23. The van der Waals surface area contributed by atoms with Crippen LogP contribution < -0.4 is 15.6 Å². The van der Waals surface area contributed by atoms with Gasteiger partial charge in [0.05, 0.1) is 12.2 Å². The van der Waals surface area contributed by atoms with E-state index in [9.17, 15) is 9.59 Å². The van der Waals surface area contributed by atoms with Crippen LogP contribution in [0.2, 0.25) is 0 Å². The summed E-state index contributed by atoms with van der Waals surface area (Å²) in [6, 6.07) is 11.8. The first-order chi connectivity index (χ1) is 14.2. The normalized spacial score (nSPS) is 20.8. The molecule has 0 amide bonds. The SMILES string of the molecule is CCOc1ccc([C@H]2C3=C(C[C@H](c4cccs4)CC3=O)Nc3[nH][nH]c(=O)c32)cc1. The molecule has 0 spiro atoms. The number of benzene rings is 1. The lowest BCUT2D eigenvalue weighted by Gasteiger charge is -2.34. The molecule has 148 valence electrons. The van der Waals surface area contributed by atoms with Gasteiger partial charge in [-0.1, -0.05) is 18.2 Å². The quantitative estimate of drug-likeness (QED) is 0.607. The van der Waals surface area contributed by atoms with Crippen molar-refractivity contribution < 1.29 is 9.53 Å². The Kier molecular flexibility index (Phi) is 4.39. The fraction of sp³-hybridized carbons (Fsp3) is 0.273. The molecule has 1 aromatic carbocycles. The number of ether oxygens (including phenoxy) is 1. The van der Waals surface area contributed by atoms with Gasteiger partial charge in [0.2, 0.25) is 0 Å². The third-order valence-corrected chi connectivity index (χ3v) is 6.68. The van der Waals surface area contributed by atoms with Crippen molar-refractivity contribution in [2.45, 2.75) is 31.6 Å². The van der Waals surface area contributed by atoms with Crippen LogP contribution in [-0.2, 0) is 4.79 Å². The van der Waals surface area contributed by atoms with Crippen molar-refractivity contribution in [3.63, 3.8) is 0 Å². The van der Waals surface area contributed by atoms with E-state index in [1.54, 1.807) is 11.3 Å². The smallest absolute Gasteiger partial charge is 0.270 e. The van der Waals surface area contributed by atoms with Crippen LogP contribution in [0, 0.1) is 0 Å². The number of carbonyl (C=O) groups is 1. The number of fused-ring (bicyclic) bond motifs is 1. The predicted molar refractivity (Wildman–Crippen MR) is 113 cm³/mol. The molecule has 29 heavy (non-hydrogen) atoms. The van der Waals surface area contributed by atoms with E-state index in [1.165, 1.54) is 4.88 Å². The van der Waals surface area contributed by atoms with E-state index in [1.807, 2.05) is 42.6 Å². The maximum Gasteiger partial charge on any atom is 0.270 e. The van der Waals surface area contributed by atoms with Gasteiger partial charge in [0.25, 0.3) is 5.56 Å². The van der Waals surface area contributed by atoms with E-state index in [2.05, 4.69) is 21.6 Å².